The van der Waals surface area contributed by atoms with E-state index in [1.807, 2.05) is 20.8 Å². The number of hydrogen-bond acceptors (Lipinski definition) is 2. The summed E-state index contributed by atoms with van der Waals surface area (Å²) in [5.41, 5.74) is 0.779. The first kappa shape index (κ1) is 16.1. The van der Waals surface area contributed by atoms with Gasteiger partial charge in [0.05, 0.1) is 4.47 Å². The van der Waals surface area contributed by atoms with Gasteiger partial charge in [0.2, 0.25) is 10.0 Å². The number of nitrogens with two attached hydrogens (primary N) is 1. The zero-order valence-corrected chi connectivity index (χ0v) is 14.2. The Labute approximate surface area is 123 Å². The molecule has 0 fully saturated rings. The second kappa shape index (κ2) is 5.19. The second-order valence-corrected chi connectivity index (χ2v) is 7.87. The molecule has 0 aromatic heterocycles. The van der Waals surface area contributed by atoms with Crippen molar-refractivity contribution in [1.29, 1.82) is 0 Å². The van der Waals surface area contributed by atoms with Gasteiger partial charge >= 0.3 is 0 Å². The monoisotopic (exact) mass is 401 g/mol. The Kier molecular flexibility index (Phi) is 4.63. The highest BCUT2D eigenvalue weighted by molar-refractivity contribution is 9.10. The molecule has 0 spiro atoms. The summed E-state index contributed by atoms with van der Waals surface area (Å²) in [5, 5.41) is 5.32. The molecule has 102 valence electrons. The van der Waals surface area contributed by atoms with Crippen LogP contribution < -0.4 is 5.14 Å². The van der Waals surface area contributed by atoms with E-state index in [1.165, 1.54) is 0 Å². The van der Waals surface area contributed by atoms with E-state index in [-0.39, 0.29) is 15.2 Å². The van der Waals surface area contributed by atoms with Crippen LogP contribution in [0.2, 0.25) is 0 Å². The van der Waals surface area contributed by atoms with Crippen LogP contribution in [0.5, 0.6) is 0 Å². The van der Waals surface area contributed by atoms with Crippen molar-refractivity contribution < 1.29 is 12.8 Å². The van der Waals surface area contributed by atoms with Gasteiger partial charge in [-0.1, -0.05) is 36.7 Å². The first-order chi connectivity index (χ1) is 8.00. The van der Waals surface area contributed by atoms with Gasteiger partial charge in [-0.05, 0) is 38.5 Å². The van der Waals surface area contributed by atoms with E-state index in [9.17, 15) is 12.8 Å². The topological polar surface area (TPSA) is 60.2 Å². The largest absolute Gasteiger partial charge is 0.241 e. The average Bonchev–Trinajstić information content (AvgIpc) is 2.17. The van der Waals surface area contributed by atoms with Crippen molar-refractivity contribution in [3.8, 4) is 0 Å². The lowest BCUT2D eigenvalue weighted by molar-refractivity contribution is 0.545. The third kappa shape index (κ3) is 3.12. The van der Waals surface area contributed by atoms with Gasteiger partial charge < -0.3 is 0 Å². The molecule has 0 saturated carbocycles. The maximum atomic E-state index is 14.0. The van der Waals surface area contributed by atoms with Crippen LogP contribution in [-0.4, -0.2) is 8.42 Å². The van der Waals surface area contributed by atoms with Crippen molar-refractivity contribution in [3.63, 3.8) is 0 Å². The van der Waals surface area contributed by atoms with Crippen molar-refractivity contribution in [3.05, 3.63) is 27.5 Å². The molecule has 0 unspecified atom stereocenters. The molecule has 0 saturated heterocycles. The number of halogens is 3. The van der Waals surface area contributed by atoms with Gasteiger partial charge in [0.25, 0.3) is 0 Å². The number of hydrogen-bond donors (Lipinski definition) is 1. The Morgan fingerprint density at radius 1 is 1.39 bits per heavy atom. The lowest BCUT2D eigenvalue weighted by Gasteiger charge is -2.24. The quantitative estimate of drug-likeness (QED) is 0.770. The minimum absolute atomic E-state index is 0.0983. The van der Waals surface area contributed by atoms with E-state index in [0.29, 0.717) is 5.56 Å². The highest BCUT2D eigenvalue weighted by atomic mass is 79.9. The van der Waals surface area contributed by atoms with E-state index in [1.54, 1.807) is 6.07 Å². The SMILES string of the molecule is CC(C)(C)c1cc(Br)c(F)c(S(N)(=O)=O)c1CBr. The van der Waals surface area contributed by atoms with Gasteiger partial charge in [-0.2, -0.15) is 0 Å². The molecule has 1 aromatic rings. The third-order valence-corrected chi connectivity index (χ3v) is 4.64. The molecule has 3 nitrogen and oxygen atoms in total. The van der Waals surface area contributed by atoms with Crippen LogP contribution in [0.25, 0.3) is 0 Å². The van der Waals surface area contributed by atoms with Crippen LogP contribution >= 0.6 is 31.9 Å². The van der Waals surface area contributed by atoms with Gasteiger partial charge in [0.15, 0.2) is 5.82 Å². The van der Waals surface area contributed by atoms with Gasteiger partial charge in [-0.3, -0.25) is 0 Å². The van der Waals surface area contributed by atoms with Crippen molar-refractivity contribution in [2.75, 3.05) is 0 Å². The Balaban J connectivity index is 3.86. The Hall–Kier alpha value is 0.0200. The molecule has 0 bridgehead atoms. The van der Waals surface area contributed by atoms with E-state index in [4.69, 9.17) is 5.14 Å². The van der Waals surface area contributed by atoms with Crippen LogP contribution in [-0.2, 0) is 20.8 Å². The fourth-order valence-corrected chi connectivity index (χ4v) is 3.95. The Morgan fingerprint density at radius 2 is 1.89 bits per heavy atom. The molecule has 18 heavy (non-hydrogen) atoms. The first-order valence-electron chi connectivity index (χ1n) is 5.10. The van der Waals surface area contributed by atoms with Crippen molar-refractivity contribution in [2.24, 2.45) is 5.14 Å². The molecule has 0 atom stereocenters. The molecule has 2 N–H and O–H groups in total. The number of rotatable bonds is 2. The fraction of sp³-hybridized carbons (Fsp3) is 0.455. The summed E-state index contributed by atoms with van der Waals surface area (Å²) in [7, 11) is -4.12. The van der Waals surface area contributed by atoms with Crippen LogP contribution in [0.1, 0.15) is 31.9 Å². The van der Waals surface area contributed by atoms with E-state index in [0.717, 1.165) is 5.56 Å². The lowest BCUT2D eigenvalue weighted by Crippen LogP contribution is -2.22. The standard InChI is InChI=1S/C11H14Br2FNO2S/c1-11(2,3)7-4-8(13)9(14)10(6(7)5-12)18(15,16)17/h4H,5H2,1-3H3,(H2,15,16,17). The smallest absolute Gasteiger partial charge is 0.225 e. The summed E-state index contributed by atoms with van der Waals surface area (Å²) in [5.74, 6) is -0.847. The molecule has 1 aromatic carbocycles. The van der Waals surface area contributed by atoms with Crippen molar-refractivity contribution >= 4 is 41.9 Å². The van der Waals surface area contributed by atoms with Gasteiger partial charge in [0.1, 0.15) is 4.90 Å². The molecule has 0 aliphatic carbocycles. The minimum atomic E-state index is -4.12. The van der Waals surface area contributed by atoms with Crippen molar-refractivity contribution in [2.45, 2.75) is 36.4 Å². The number of primary sulfonamides is 1. The van der Waals surface area contributed by atoms with Crippen LogP contribution in [0.4, 0.5) is 4.39 Å². The summed E-state index contributed by atoms with van der Waals surface area (Å²) < 4.78 is 37.2. The van der Waals surface area contributed by atoms with Gasteiger partial charge in [-0.15, -0.1) is 0 Å². The fourth-order valence-electron chi connectivity index (χ4n) is 1.74. The van der Waals surface area contributed by atoms with E-state index in [2.05, 4.69) is 31.9 Å². The molecular weight excluding hydrogens is 389 g/mol. The zero-order valence-electron chi connectivity index (χ0n) is 10.2. The summed E-state index contributed by atoms with van der Waals surface area (Å²) in [6, 6.07) is 1.60. The summed E-state index contributed by atoms with van der Waals surface area (Å²) >= 11 is 6.24. The van der Waals surface area contributed by atoms with Crippen LogP contribution in [0.15, 0.2) is 15.4 Å². The number of alkyl halides is 1. The predicted octanol–water partition coefficient (Wildman–Crippen LogP) is 3.43. The zero-order chi connectivity index (χ0) is 14.3. The highest BCUT2D eigenvalue weighted by Gasteiger charge is 2.28. The molecule has 0 aliphatic rings. The van der Waals surface area contributed by atoms with E-state index >= 15 is 0 Å². The molecule has 7 heteroatoms. The first-order valence-corrected chi connectivity index (χ1v) is 8.56. The molecule has 0 aliphatic heterocycles. The van der Waals surface area contributed by atoms with Gasteiger partial charge in [0, 0.05) is 5.33 Å². The third-order valence-electron chi connectivity index (χ3n) is 2.51. The molecular formula is C11H14Br2FNO2S. The molecule has 0 heterocycles. The highest BCUT2D eigenvalue weighted by Crippen LogP contribution is 2.36. The van der Waals surface area contributed by atoms with Crippen molar-refractivity contribution in [1.82, 2.24) is 0 Å². The second-order valence-electron chi connectivity index (χ2n) is 4.96. The van der Waals surface area contributed by atoms with Crippen LogP contribution in [0, 0.1) is 5.82 Å². The normalized spacial score (nSPS) is 12.8. The predicted molar refractivity (Wildman–Crippen MR) is 76.8 cm³/mol. The Bertz CT molecular complexity index is 580. The molecule has 0 radical (unpaired) electrons. The Morgan fingerprint density at radius 3 is 2.22 bits per heavy atom. The number of benzene rings is 1. The molecule has 0 amide bonds. The maximum absolute atomic E-state index is 14.0. The average molecular weight is 403 g/mol. The van der Waals surface area contributed by atoms with Gasteiger partial charge in [-0.25, -0.2) is 17.9 Å². The minimum Gasteiger partial charge on any atom is -0.225 e. The van der Waals surface area contributed by atoms with Crippen LogP contribution in [0.3, 0.4) is 0 Å². The summed E-state index contributed by atoms with van der Waals surface area (Å²) in [6.07, 6.45) is 0. The maximum Gasteiger partial charge on any atom is 0.241 e. The molecule has 1 rings (SSSR count). The van der Waals surface area contributed by atoms with E-state index < -0.39 is 20.7 Å². The summed E-state index contributed by atoms with van der Waals surface area (Å²) in [6.45, 7) is 5.77. The lowest BCUT2D eigenvalue weighted by atomic mass is 9.84. The summed E-state index contributed by atoms with van der Waals surface area (Å²) in [4.78, 5) is -0.446. The number of sulfonamides is 1.